The second-order valence-electron chi connectivity index (χ2n) is 4.90. The Morgan fingerprint density at radius 1 is 1.48 bits per heavy atom. The first-order valence-electron chi connectivity index (χ1n) is 6.53. The molecule has 0 aliphatic rings. The number of aliphatic hydroxyl groups is 1. The molecule has 0 aliphatic heterocycles. The molecule has 0 aliphatic carbocycles. The minimum absolute atomic E-state index is 0.170. The number of aromatic nitrogens is 1. The van der Waals surface area contributed by atoms with Crippen molar-refractivity contribution in [2.45, 2.75) is 39.1 Å². The fourth-order valence-electron chi connectivity index (χ4n) is 1.84. The normalized spacial score (nSPS) is 14.5. The maximum Gasteiger partial charge on any atom is 0.469 e. The number of rotatable bonds is 8. The monoisotopic (exact) mass is 350 g/mol. The van der Waals surface area contributed by atoms with Crippen molar-refractivity contribution in [3.63, 3.8) is 0 Å². The summed E-state index contributed by atoms with van der Waals surface area (Å²) in [6, 6.07) is -1.28. The lowest BCUT2D eigenvalue weighted by molar-refractivity contribution is -0.142. The number of carboxylic acid groups (broad SMARTS) is 1. The van der Waals surface area contributed by atoms with Crippen LogP contribution in [0.4, 0.5) is 0 Å². The highest BCUT2D eigenvalue weighted by atomic mass is 31.2. The number of phosphoric acid groups is 1. The van der Waals surface area contributed by atoms with E-state index in [2.05, 4.69) is 14.8 Å². The maximum absolute atomic E-state index is 11.0. The quantitative estimate of drug-likeness (QED) is 0.340. The molecule has 0 saturated heterocycles. The second-order valence-corrected chi connectivity index (χ2v) is 6.14. The predicted octanol–water partition coefficient (Wildman–Crippen LogP) is -0.371. The molecule has 0 fully saturated rings. The van der Waals surface area contributed by atoms with Crippen molar-refractivity contribution < 1.29 is 39.0 Å². The van der Waals surface area contributed by atoms with E-state index >= 15 is 0 Å². The number of nitrogens with zero attached hydrogens (tertiary/aromatic N) is 1. The molecule has 10 nitrogen and oxygen atoms in total. The van der Waals surface area contributed by atoms with E-state index in [9.17, 15) is 19.6 Å². The molecule has 0 spiro atoms. The highest BCUT2D eigenvalue weighted by Gasteiger charge is 2.24. The van der Waals surface area contributed by atoms with Crippen LogP contribution in [0.1, 0.15) is 23.7 Å². The van der Waals surface area contributed by atoms with Gasteiger partial charge in [-0.3, -0.25) is 19.6 Å². The Kier molecular flexibility index (Phi) is 6.63. The van der Waals surface area contributed by atoms with Crippen LogP contribution in [-0.2, 0) is 27.0 Å². The van der Waals surface area contributed by atoms with Gasteiger partial charge in [0.25, 0.3) is 0 Å². The number of nitrogens with one attached hydrogen (secondary N) is 1. The van der Waals surface area contributed by atoms with Gasteiger partial charge in [0.1, 0.15) is 11.8 Å². The van der Waals surface area contributed by atoms with Crippen molar-refractivity contribution in [2.75, 3.05) is 0 Å². The summed E-state index contributed by atoms with van der Waals surface area (Å²) in [4.78, 5) is 32.4. The molecule has 2 atom stereocenters. The van der Waals surface area contributed by atoms with Gasteiger partial charge >= 0.3 is 13.8 Å². The molecule has 1 rings (SSSR count). The molecule has 1 heterocycles. The number of aryl methyl sites for hydroxylation is 1. The van der Waals surface area contributed by atoms with Crippen LogP contribution in [0.3, 0.4) is 0 Å². The van der Waals surface area contributed by atoms with E-state index in [1.807, 2.05) is 0 Å². The molecule has 11 heteroatoms. The fraction of sp³-hybridized carbons (Fsp3) is 0.500. The third kappa shape index (κ3) is 5.87. The Morgan fingerprint density at radius 3 is 2.57 bits per heavy atom. The van der Waals surface area contributed by atoms with Gasteiger partial charge in [0, 0.05) is 23.9 Å². The van der Waals surface area contributed by atoms with Crippen molar-refractivity contribution >= 4 is 13.8 Å². The zero-order chi connectivity index (χ0) is 17.8. The molecule has 0 aromatic carbocycles. The molecule has 130 valence electrons. The summed E-state index contributed by atoms with van der Waals surface area (Å²) in [6.45, 7) is 2.11. The van der Waals surface area contributed by atoms with E-state index in [1.165, 1.54) is 20.0 Å². The van der Waals surface area contributed by atoms with E-state index in [0.717, 1.165) is 0 Å². The van der Waals surface area contributed by atoms with E-state index in [1.54, 1.807) is 0 Å². The second kappa shape index (κ2) is 7.82. The molecule has 1 aromatic rings. The van der Waals surface area contributed by atoms with Crippen LogP contribution in [0.2, 0.25) is 0 Å². The summed E-state index contributed by atoms with van der Waals surface area (Å²) in [5.74, 6) is -1.53. The number of aliphatic hydroxyl groups excluding tert-OH is 1. The maximum atomic E-state index is 11.0. The van der Waals surface area contributed by atoms with Gasteiger partial charge in [0.05, 0.1) is 18.4 Å². The lowest BCUT2D eigenvalue weighted by Crippen LogP contribution is -2.44. The first-order valence-corrected chi connectivity index (χ1v) is 8.06. The standard InChI is InChI=1S/C12H19N2O8P/c1-6-11(16)9(4-14-10(7(2)15)12(17)18)8(3-13-6)5-22-23(19,20)21/h3,7,10,14-16H,4-5H2,1-2H3,(H,17,18)(H2,19,20,21)/t7-,10+/m1/s1. The van der Waals surface area contributed by atoms with Crippen LogP contribution in [0.5, 0.6) is 5.75 Å². The molecule has 6 N–H and O–H groups in total. The van der Waals surface area contributed by atoms with Crippen LogP contribution in [0, 0.1) is 6.92 Å². The lowest BCUT2D eigenvalue weighted by Gasteiger charge is -2.19. The summed E-state index contributed by atoms with van der Waals surface area (Å²) in [5.41, 5.74) is 0.613. The van der Waals surface area contributed by atoms with E-state index in [-0.39, 0.29) is 29.1 Å². The Labute approximate surface area is 132 Å². The van der Waals surface area contributed by atoms with Gasteiger partial charge in [0.15, 0.2) is 0 Å². The first kappa shape index (κ1) is 19.5. The van der Waals surface area contributed by atoms with Gasteiger partial charge in [-0.25, -0.2) is 4.57 Å². The third-order valence-corrected chi connectivity index (χ3v) is 3.53. The van der Waals surface area contributed by atoms with E-state index in [0.29, 0.717) is 0 Å². The number of hydrogen-bond donors (Lipinski definition) is 6. The summed E-state index contributed by atoms with van der Waals surface area (Å²) in [6.07, 6.45) is 0.0762. The molecular weight excluding hydrogens is 331 g/mol. The average Bonchev–Trinajstić information content (AvgIpc) is 2.40. The topological polar surface area (TPSA) is 169 Å². The summed E-state index contributed by atoms with van der Waals surface area (Å²) in [7, 11) is -4.71. The molecule has 0 saturated carbocycles. The molecule has 0 bridgehead atoms. The Balaban J connectivity index is 3.01. The van der Waals surface area contributed by atoms with Gasteiger partial charge in [-0.15, -0.1) is 0 Å². The van der Waals surface area contributed by atoms with Gasteiger partial charge in [-0.1, -0.05) is 0 Å². The van der Waals surface area contributed by atoms with Gasteiger partial charge in [0.2, 0.25) is 0 Å². The fourth-order valence-corrected chi connectivity index (χ4v) is 2.14. The van der Waals surface area contributed by atoms with Gasteiger partial charge in [-0.2, -0.15) is 0 Å². The van der Waals surface area contributed by atoms with E-state index in [4.69, 9.17) is 14.9 Å². The van der Waals surface area contributed by atoms with Crippen LogP contribution >= 0.6 is 7.82 Å². The molecule has 23 heavy (non-hydrogen) atoms. The number of aliphatic carboxylic acids is 1. The molecular formula is C12H19N2O8P. The number of hydrogen-bond acceptors (Lipinski definition) is 7. The van der Waals surface area contributed by atoms with Crippen LogP contribution in [-0.4, -0.2) is 48.2 Å². The highest BCUT2D eigenvalue weighted by molar-refractivity contribution is 7.46. The smallest absolute Gasteiger partial charge is 0.469 e. The minimum atomic E-state index is -4.71. The van der Waals surface area contributed by atoms with Gasteiger partial charge < -0.3 is 25.1 Å². The summed E-state index contributed by atoms with van der Waals surface area (Å²) < 4.78 is 15.2. The number of aromatic hydroxyl groups is 1. The van der Waals surface area contributed by atoms with Crippen molar-refractivity contribution in [2.24, 2.45) is 0 Å². The largest absolute Gasteiger partial charge is 0.506 e. The number of carboxylic acids is 1. The molecule has 0 unspecified atom stereocenters. The van der Waals surface area contributed by atoms with Crippen LogP contribution in [0.15, 0.2) is 6.20 Å². The Morgan fingerprint density at radius 2 is 2.09 bits per heavy atom. The molecule has 1 aromatic heterocycles. The van der Waals surface area contributed by atoms with Crippen LogP contribution < -0.4 is 5.32 Å². The average molecular weight is 350 g/mol. The number of phosphoric ester groups is 1. The molecule has 0 radical (unpaired) electrons. The SMILES string of the molecule is Cc1ncc(COP(=O)(O)O)c(CN[C@H](C(=O)O)[C@@H](C)O)c1O. The zero-order valence-electron chi connectivity index (χ0n) is 12.5. The zero-order valence-corrected chi connectivity index (χ0v) is 13.4. The minimum Gasteiger partial charge on any atom is -0.506 e. The van der Waals surface area contributed by atoms with Crippen LogP contribution in [0.25, 0.3) is 0 Å². The third-order valence-electron chi connectivity index (χ3n) is 3.07. The van der Waals surface area contributed by atoms with Crippen molar-refractivity contribution in [3.8, 4) is 5.75 Å². The number of pyridine rings is 1. The number of carbonyl (C=O) groups is 1. The van der Waals surface area contributed by atoms with Crippen molar-refractivity contribution in [3.05, 3.63) is 23.0 Å². The lowest BCUT2D eigenvalue weighted by atomic mass is 10.1. The predicted molar refractivity (Wildman–Crippen MR) is 77.4 cm³/mol. The summed E-state index contributed by atoms with van der Waals surface area (Å²) >= 11 is 0. The van der Waals surface area contributed by atoms with Crippen molar-refractivity contribution in [1.82, 2.24) is 10.3 Å². The first-order chi connectivity index (χ1) is 10.5. The Bertz CT molecular complexity index is 615. The van der Waals surface area contributed by atoms with Crippen molar-refractivity contribution in [1.29, 1.82) is 0 Å². The summed E-state index contributed by atoms with van der Waals surface area (Å²) in [5, 5.41) is 31.0. The van der Waals surface area contributed by atoms with E-state index < -0.39 is 32.5 Å². The van der Waals surface area contributed by atoms with Gasteiger partial charge in [-0.05, 0) is 13.8 Å². The highest BCUT2D eigenvalue weighted by Crippen LogP contribution is 2.38. The Hall–Kier alpha value is -1.55. The molecule has 0 amide bonds.